The van der Waals surface area contributed by atoms with Crippen LogP contribution in [-0.2, 0) is 22.7 Å². The maximum Gasteiger partial charge on any atom is 0.233 e. The number of carbonyl (C=O) groups is 2. The maximum atomic E-state index is 12.3. The zero-order valence-corrected chi connectivity index (χ0v) is 12.6. The molecule has 2 fully saturated rings. The van der Waals surface area contributed by atoms with E-state index in [1.807, 2.05) is 32.0 Å². The third-order valence-electron chi connectivity index (χ3n) is 4.80. The standard InChI is InChI=1S/C16H20N2O3/c1-16(2)12-13(16)15(20)18(14(12)19)8-9-4-5-10(7-17)11(6-9)21-3/h4-6,12-13H,7-8,17H2,1-3H3. The molecule has 1 aliphatic carbocycles. The van der Waals surface area contributed by atoms with E-state index in [0.717, 1.165) is 11.1 Å². The summed E-state index contributed by atoms with van der Waals surface area (Å²) in [5.41, 5.74) is 7.26. The second-order valence-electron chi connectivity index (χ2n) is 6.39. The first-order valence-electron chi connectivity index (χ1n) is 7.13. The molecule has 112 valence electrons. The molecule has 2 aliphatic rings. The second-order valence-corrected chi connectivity index (χ2v) is 6.39. The molecular formula is C16H20N2O3. The first kappa shape index (κ1) is 14.1. The highest BCUT2D eigenvalue weighted by atomic mass is 16.5. The first-order valence-corrected chi connectivity index (χ1v) is 7.13. The number of nitrogens with zero attached hydrogens (tertiary/aromatic N) is 1. The third kappa shape index (κ3) is 1.95. The summed E-state index contributed by atoms with van der Waals surface area (Å²) in [5, 5.41) is 0. The minimum atomic E-state index is -0.161. The van der Waals surface area contributed by atoms with Crippen LogP contribution in [0, 0.1) is 17.3 Å². The van der Waals surface area contributed by atoms with Gasteiger partial charge in [0.15, 0.2) is 0 Å². The Kier molecular flexibility index (Phi) is 3.06. The number of piperidine rings is 1. The highest BCUT2D eigenvalue weighted by Crippen LogP contribution is 2.63. The summed E-state index contributed by atoms with van der Waals surface area (Å²) < 4.78 is 5.29. The fourth-order valence-corrected chi connectivity index (χ4v) is 3.40. The zero-order valence-electron chi connectivity index (χ0n) is 12.6. The van der Waals surface area contributed by atoms with Gasteiger partial charge in [-0.25, -0.2) is 0 Å². The summed E-state index contributed by atoms with van der Waals surface area (Å²) in [5.74, 6) is 0.346. The van der Waals surface area contributed by atoms with E-state index < -0.39 is 0 Å². The van der Waals surface area contributed by atoms with Crippen molar-refractivity contribution < 1.29 is 14.3 Å². The molecule has 2 amide bonds. The zero-order chi connectivity index (χ0) is 15.4. The van der Waals surface area contributed by atoms with Crippen LogP contribution >= 0.6 is 0 Å². The lowest BCUT2D eigenvalue weighted by Crippen LogP contribution is -2.35. The molecule has 3 rings (SSSR count). The van der Waals surface area contributed by atoms with Crippen LogP contribution in [0.5, 0.6) is 5.75 Å². The minimum Gasteiger partial charge on any atom is -0.496 e. The largest absolute Gasteiger partial charge is 0.496 e. The smallest absolute Gasteiger partial charge is 0.233 e. The molecule has 1 aromatic carbocycles. The molecule has 1 heterocycles. The van der Waals surface area contributed by atoms with Crippen LogP contribution in [0.4, 0.5) is 0 Å². The van der Waals surface area contributed by atoms with Crippen molar-refractivity contribution in [2.75, 3.05) is 7.11 Å². The van der Waals surface area contributed by atoms with Crippen LogP contribution < -0.4 is 10.5 Å². The molecule has 5 heteroatoms. The van der Waals surface area contributed by atoms with Gasteiger partial charge in [0, 0.05) is 12.1 Å². The summed E-state index contributed by atoms with van der Waals surface area (Å²) in [6.45, 7) is 4.66. The Morgan fingerprint density at radius 2 is 1.86 bits per heavy atom. The van der Waals surface area contributed by atoms with Gasteiger partial charge in [-0.05, 0) is 17.0 Å². The van der Waals surface area contributed by atoms with Crippen molar-refractivity contribution in [3.05, 3.63) is 29.3 Å². The summed E-state index contributed by atoms with van der Waals surface area (Å²) in [6, 6.07) is 5.61. The lowest BCUT2D eigenvalue weighted by molar-refractivity contribution is -0.143. The Hall–Kier alpha value is -1.88. The van der Waals surface area contributed by atoms with Gasteiger partial charge in [0.05, 0.1) is 25.5 Å². The molecule has 1 aromatic rings. The van der Waals surface area contributed by atoms with E-state index in [1.165, 1.54) is 4.90 Å². The van der Waals surface area contributed by atoms with Gasteiger partial charge >= 0.3 is 0 Å². The molecule has 0 aromatic heterocycles. The van der Waals surface area contributed by atoms with E-state index in [2.05, 4.69) is 0 Å². The number of likely N-dealkylation sites (tertiary alicyclic amines) is 1. The van der Waals surface area contributed by atoms with E-state index in [-0.39, 0.29) is 29.1 Å². The number of hydrogen-bond acceptors (Lipinski definition) is 4. The number of benzene rings is 1. The lowest BCUT2D eigenvalue weighted by Gasteiger charge is -2.21. The topological polar surface area (TPSA) is 72.6 Å². The Bertz CT molecular complexity index is 600. The van der Waals surface area contributed by atoms with Crippen molar-refractivity contribution in [1.82, 2.24) is 4.90 Å². The highest BCUT2D eigenvalue weighted by Gasteiger charge is 2.72. The molecule has 0 radical (unpaired) electrons. The van der Waals surface area contributed by atoms with Crippen LogP contribution in [0.15, 0.2) is 18.2 Å². The van der Waals surface area contributed by atoms with Crippen molar-refractivity contribution in [3.8, 4) is 5.75 Å². The van der Waals surface area contributed by atoms with E-state index in [4.69, 9.17) is 10.5 Å². The van der Waals surface area contributed by atoms with Gasteiger partial charge in [-0.3, -0.25) is 14.5 Å². The first-order chi connectivity index (χ1) is 9.91. The van der Waals surface area contributed by atoms with Crippen molar-refractivity contribution in [2.45, 2.75) is 26.9 Å². The molecule has 2 atom stereocenters. The Morgan fingerprint density at radius 3 is 2.38 bits per heavy atom. The maximum absolute atomic E-state index is 12.3. The molecular weight excluding hydrogens is 268 g/mol. The van der Waals surface area contributed by atoms with Gasteiger partial charge in [-0.1, -0.05) is 26.0 Å². The molecule has 1 saturated carbocycles. The van der Waals surface area contributed by atoms with E-state index in [1.54, 1.807) is 7.11 Å². The predicted octanol–water partition coefficient (Wildman–Crippen LogP) is 1.29. The van der Waals surface area contributed by atoms with Gasteiger partial charge in [0.2, 0.25) is 11.8 Å². The molecule has 5 nitrogen and oxygen atoms in total. The number of carbonyl (C=O) groups excluding carboxylic acids is 2. The second kappa shape index (κ2) is 4.56. The number of amides is 2. The summed E-state index contributed by atoms with van der Waals surface area (Å²) >= 11 is 0. The van der Waals surface area contributed by atoms with Crippen molar-refractivity contribution in [1.29, 1.82) is 0 Å². The van der Waals surface area contributed by atoms with Gasteiger partial charge < -0.3 is 10.5 Å². The van der Waals surface area contributed by atoms with Crippen LogP contribution in [-0.4, -0.2) is 23.8 Å². The summed E-state index contributed by atoms with van der Waals surface area (Å²) in [4.78, 5) is 26.0. The Labute approximate surface area is 124 Å². The Balaban J connectivity index is 1.80. The van der Waals surface area contributed by atoms with Crippen molar-refractivity contribution in [3.63, 3.8) is 0 Å². The number of methoxy groups -OCH3 is 1. The lowest BCUT2D eigenvalue weighted by atomic mass is 10.0. The number of rotatable bonds is 4. The molecule has 0 spiro atoms. The predicted molar refractivity (Wildman–Crippen MR) is 77.2 cm³/mol. The molecule has 21 heavy (non-hydrogen) atoms. The quantitative estimate of drug-likeness (QED) is 0.847. The summed E-state index contributed by atoms with van der Waals surface area (Å²) in [7, 11) is 1.59. The highest BCUT2D eigenvalue weighted by molar-refractivity contribution is 6.10. The third-order valence-corrected chi connectivity index (χ3v) is 4.80. The monoisotopic (exact) mass is 288 g/mol. The molecule has 0 bridgehead atoms. The van der Waals surface area contributed by atoms with Crippen LogP contribution in [0.2, 0.25) is 0 Å². The minimum absolute atomic E-state index is 0.0446. The normalized spacial score (nSPS) is 26.0. The number of fused-ring (bicyclic) bond motifs is 1. The fourth-order valence-electron chi connectivity index (χ4n) is 3.40. The average Bonchev–Trinajstić information content (AvgIpc) is 2.94. The fraction of sp³-hybridized carbons (Fsp3) is 0.500. The molecule has 1 saturated heterocycles. The van der Waals surface area contributed by atoms with E-state index in [9.17, 15) is 9.59 Å². The number of hydrogen-bond donors (Lipinski definition) is 1. The molecule has 2 N–H and O–H groups in total. The molecule has 1 aliphatic heterocycles. The van der Waals surface area contributed by atoms with Gasteiger partial charge in [-0.2, -0.15) is 0 Å². The molecule has 2 unspecified atom stereocenters. The number of ether oxygens (including phenoxy) is 1. The van der Waals surface area contributed by atoms with E-state index >= 15 is 0 Å². The summed E-state index contributed by atoms with van der Waals surface area (Å²) in [6.07, 6.45) is 0. The van der Waals surface area contributed by atoms with Crippen molar-refractivity contribution >= 4 is 11.8 Å². The number of nitrogens with two attached hydrogens (primary N) is 1. The van der Waals surface area contributed by atoms with Crippen LogP contribution in [0.25, 0.3) is 0 Å². The van der Waals surface area contributed by atoms with Crippen molar-refractivity contribution in [2.24, 2.45) is 23.0 Å². The number of imide groups is 1. The van der Waals surface area contributed by atoms with E-state index in [0.29, 0.717) is 18.8 Å². The van der Waals surface area contributed by atoms with Gasteiger partial charge in [0.25, 0.3) is 0 Å². The van der Waals surface area contributed by atoms with Crippen LogP contribution in [0.3, 0.4) is 0 Å². The Morgan fingerprint density at radius 1 is 1.24 bits per heavy atom. The SMILES string of the molecule is COc1cc(CN2C(=O)C3C(C2=O)C3(C)C)ccc1CN. The van der Waals surface area contributed by atoms with Crippen LogP contribution in [0.1, 0.15) is 25.0 Å². The van der Waals surface area contributed by atoms with Gasteiger partial charge in [0.1, 0.15) is 5.75 Å². The average molecular weight is 288 g/mol. The van der Waals surface area contributed by atoms with Gasteiger partial charge in [-0.15, -0.1) is 0 Å².